The van der Waals surface area contributed by atoms with Crippen LogP contribution in [-0.4, -0.2) is 17.6 Å². The van der Waals surface area contributed by atoms with Crippen LogP contribution >= 0.6 is 0 Å². The molecule has 1 aromatic rings. The van der Waals surface area contributed by atoms with Crippen LogP contribution < -0.4 is 5.32 Å². The molecule has 0 bridgehead atoms. The topological polar surface area (TPSA) is 24.9 Å². The van der Waals surface area contributed by atoms with E-state index in [1.807, 2.05) is 6.20 Å². The van der Waals surface area contributed by atoms with E-state index in [-0.39, 0.29) is 0 Å². The Morgan fingerprint density at radius 1 is 1.35 bits per heavy atom. The minimum atomic E-state index is 0.745. The third-order valence-corrected chi connectivity index (χ3v) is 4.54. The molecule has 1 fully saturated rings. The molecule has 0 aliphatic heterocycles. The molecule has 0 spiro atoms. The van der Waals surface area contributed by atoms with Crippen molar-refractivity contribution in [2.24, 2.45) is 5.92 Å². The van der Waals surface area contributed by atoms with E-state index < -0.39 is 0 Å². The van der Waals surface area contributed by atoms with Gasteiger partial charge in [-0.2, -0.15) is 0 Å². The number of fused-ring (bicyclic) bond motifs is 1. The second-order valence-electron chi connectivity index (χ2n) is 5.52. The Morgan fingerprint density at radius 2 is 2.29 bits per heavy atom. The van der Waals surface area contributed by atoms with Crippen LogP contribution in [0.3, 0.4) is 0 Å². The lowest BCUT2D eigenvalue weighted by Crippen LogP contribution is -2.26. The van der Waals surface area contributed by atoms with Crippen molar-refractivity contribution in [1.82, 2.24) is 10.3 Å². The monoisotopic (exact) mass is 230 g/mol. The van der Waals surface area contributed by atoms with Gasteiger partial charge >= 0.3 is 0 Å². The van der Waals surface area contributed by atoms with E-state index in [4.69, 9.17) is 0 Å². The Bertz CT molecular complexity index is 388. The maximum atomic E-state index is 4.64. The summed E-state index contributed by atoms with van der Waals surface area (Å²) in [6.07, 6.45) is 8.64. The van der Waals surface area contributed by atoms with E-state index in [0.717, 1.165) is 24.4 Å². The minimum absolute atomic E-state index is 0.745. The zero-order chi connectivity index (χ0) is 11.7. The molecule has 2 aliphatic rings. The fourth-order valence-electron chi connectivity index (χ4n) is 3.76. The summed E-state index contributed by atoms with van der Waals surface area (Å²) in [4.78, 5) is 4.64. The van der Waals surface area contributed by atoms with E-state index in [1.54, 1.807) is 0 Å². The smallest absolute Gasteiger partial charge is 0.0469 e. The summed E-state index contributed by atoms with van der Waals surface area (Å²) in [5.41, 5.74) is 2.92. The molecule has 0 amide bonds. The lowest BCUT2D eigenvalue weighted by molar-refractivity contribution is 0.410. The van der Waals surface area contributed by atoms with Gasteiger partial charge < -0.3 is 5.32 Å². The van der Waals surface area contributed by atoms with Crippen molar-refractivity contribution >= 4 is 0 Å². The van der Waals surface area contributed by atoms with Crippen molar-refractivity contribution in [3.63, 3.8) is 0 Å². The van der Waals surface area contributed by atoms with Gasteiger partial charge in [-0.15, -0.1) is 0 Å². The standard InChI is InChI=1S/C15H22N2/c1-2-16-13-7-5-12(10-13)14-8-6-11-4-3-9-17-15(11)14/h3-4,9,12-14,16H,2,5-8,10H2,1H3. The summed E-state index contributed by atoms with van der Waals surface area (Å²) in [7, 11) is 0. The Labute approximate surface area is 104 Å². The summed E-state index contributed by atoms with van der Waals surface area (Å²) in [6.45, 7) is 3.32. The number of hydrogen-bond acceptors (Lipinski definition) is 2. The first-order valence-corrected chi connectivity index (χ1v) is 7.05. The maximum absolute atomic E-state index is 4.64. The van der Waals surface area contributed by atoms with Gasteiger partial charge in [-0.25, -0.2) is 0 Å². The van der Waals surface area contributed by atoms with Crippen LogP contribution in [-0.2, 0) is 6.42 Å². The fourth-order valence-corrected chi connectivity index (χ4v) is 3.76. The van der Waals surface area contributed by atoms with Crippen molar-refractivity contribution in [2.45, 2.75) is 51.0 Å². The number of nitrogens with zero attached hydrogens (tertiary/aromatic N) is 1. The highest BCUT2D eigenvalue weighted by Crippen LogP contribution is 2.43. The Balaban J connectivity index is 1.71. The van der Waals surface area contributed by atoms with Crippen LogP contribution in [0.1, 0.15) is 49.8 Å². The molecule has 1 heterocycles. The molecule has 3 unspecified atom stereocenters. The predicted octanol–water partition coefficient (Wildman–Crippen LogP) is 2.89. The van der Waals surface area contributed by atoms with Crippen molar-refractivity contribution in [2.75, 3.05) is 6.54 Å². The summed E-state index contributed by atoms with van der Waals surface area (Å²) in [5, 5.41) is 3.60. The van der Waals surface area contributed by atoms with Crippen LogP contribution in [0.5, 0.6) is 0 Å². The molecule has 3 rings (SSSR count). The first kappa shape index (κ1) is 11.2. The minimum Gasteiger partial charge on any atom is -0.314 e. The quantitative estimate of drug-likeness (QED) is 0.863. The molecule has 0 radical (unpaired) electrons. The summed E-state index contributed by atoms with van der Waals surface area (Å²) < 4.78 is 0. The van der Waals surface area contributed by atoms with Gasteiger partial charge in [0, 0.05) is 23.9 Å². The highest BCUT2D eigenvalue weighted by atomic mass is 14.9. The fraction of sp³-hybridized carbons (Fsp3) is 0.667. The molecular formula is C15H22N2. The van der Waals surface area contributed by atoms with Gasteiger partial charge in [0.25, 0.3) is 0 Å². The normalized spacial score (nSPS) is 31.7. The van der Waals surface area contributed by atoms with Crippen molar-refractivity contribution in [3.8, 4) is 0 Å². The van der Waals surface area contributed by atoms with Crippen molar-refractivity contribution in [1.29, 1.82) is 0 Å². The van der Waals surface area contributed by atoms with E-state index in [1.165, 1.54) is 43.4 Å². The average Bonchev–Trinajstić information content (AvgIpc) is 2.95. The maximum Gasteiger partial charge on any atom is 0.0469 e. The number of pyridine rings is 1. The largest absolute Gasteiger partial charge is 0.314 e. The van der Waals surface area contributed by atoms with E-state index in [2.05, 4.69) is 29.4 Å². The van der Waals surface area contributed by atoms with Gasteiger partial charge in [-0.1, -0.05) is 13.0 Å². The summed E-state index contributed by atoms with van der Waals surface area (Å²) >= 11 is 0. The Kier molecular flexibility index (Phi) is 3.15. The molecule has 2 nitrogen and oxygen atoms in total. The molecule has 3 atom stereocenters. The third kappa shape index (κ3) is 2.11. The average molecular weight is 230 g/mol. The number of nitrogens with one attached hydrogen (secondary N) is 1. The number of aryl methyl sites for hydroxylation is 1. The van der Waals surface area contributed by atoms with Crippen LogP contribution in [0.4, 0.5) is 0 Å². The molecule has 1 saturated carbocycles. The molecule has 2 aliphatic carbocycles. The molecule has 1 aromatic heterocycles. The zero-order valence-electron chi connectivity index (χ0n) is 10.7. The highest BCUT2D eigenvalue weighted by Gasteiger charge is 2.35. The lowest BCUT2D eigenvalue weighted by atomic mass is 9.88. The van der Waals surface area contributed by atoms with Crippen LogP contribution in [0, 0.1) is 5.92 Å². The van der Waals surface area contributed by atoms with E-state index >= 15 is 0 Å². The summed E-state index contributed by atoms with van der Waals surface area (Å²) in [6, 6.07) is 5.11. The van der Waals surface area contributed by atoms with E-state index in [0.29, 0.717) is 0 Å². The number of aromatic nitrogens is 1. The van der Waals surface area contributed by atoms with Crippen molar-refractivity contribution in [3.05, 3.63) is 29.6 Å². The molecule has 2 heteroatoms. The number of rotatable bonds is 3. The first-order valence-electron chi connectivity index (χ1n) is 7.05. The molecule has 92 valence electrons. The van der Waals surface area contributed by atoms with Gasteiger partial charge in [-0.3, -0.25) is 4.98 Å². The van der Waals surface area contributed by atoms with Gasteiger partial charge in [0.1, 0.15) is 0 Å². The SMILES string of the molecule is CCNC1CCC(C2CCc3cccnc32)C1. The van der Waals surface area contributed by atoms with E-state index in [9.17, 15) is 0 Å². The van der Waals surface area contributed by atoms with Crippen LogP contribution in [0.25, 0.3) is 0 Å². The highest BCUT2D eigenvalue weighted by molar-refractivity contribution is 5.29. The van der Waals surface area contributed by atoms with Crippen LogP contribution in [0.2, 0.25) is 0 Å². The number of hydrogen-bond donors (Lipinski definition) is 1. The predicted molar refractivity (Wildman–Crippen MR) is 70.1 cm³/mol. The van der Waals surface area contributed by atoms with Crippen molar-refractivity contribution < 1.29 is 0 Å². The first-order chi connectivity index (χ1) is 8.38. The molecular weight excluding hydrogens is 208 g/mol. The van der Waals surface area contributed by atoms with Gasteiger partial charge in [-0.05, 0) is 56.2 Å². The lowest BCUT2D eigenvalue weighted by Gasteiger charge is -2.19. The Morgan fingerprint density at radius 3 is 3.18 bits per heavy atom. The molecule has 17 heavy (non-hydrogen) atoms. The van der Waals surface area contributed by atoms with Crippen LogP contribution in [0.15, 0.2) is 18.3 Å². The molecule has 1 N–H and O–H groups in total. The summed E-state index contributed by atoms with van der Waals surface area (Å²) in [5.74, 6) is 1.62. The third-order valence-electron chi connectivity index (χ3n) is 4.54. The van der Waals surface area contributed by atoms with Gasteiger partial charge in [0.05, 0.1) is 0 Å². The Hall–Kier alpha value is -0.890. The molecule has 0 saturated heterocycles. The van der Waals surface area contributed by atoms with Gasteiger partial charge in [0.2, 0.25) is 0 Å². The second kappa shape index (κ2) is 4.77. The van der Waals surface area contributed by atoms with Gasteiger partial charge in [0.15, 0.2) is 0 Å². The second-order valence-corrected chi connectivity index (χ2v) is 5.52. The zero-order valence-corrected chi connectivity index (χ0v) is 10.7. The molecule has 0 aromatic carbocycles.